The molecule has 1 atom stereocenters. The Hall–Kier alpha value is -1.37. The van der Waals surface area contributed by atoms with Gasteiger partial charge in [-0.1, -0.05) is 6.07 Å². The number of nitrogens with one attached hydrogen (secondary N) is 1. The fourth-order valence-corrected chi connectivity index (χ4v) is 3.72. The van der Waals surface area contributed by atoms with Gasteiger partial charge in [-0.2, -0.15) is 0 Å². The fourth-order valence-electron chi connectivity index (χ4n) is 2.63. The quantitative estimate of drug-likeness (QED) is 0.645. The maximum Gasteiger partial charge on any atom is 0.255 e. The van der Waals surface area contributed by atoms with Crippen LogP contribution in [0.1, 0.15) is 28.8 Å². The van der Waals surface area contributed by atoms with Crippen LogP contribution < -0.4 is 10.1 Å². The SMILES string of the molecule is Cc1ccc(NC(=O)c2ccc(OCC3CCCO3)c(Br)c2)c(Br)c1. The molecule has 0 aromatic heterocycles. The summed E-state index contributed by atoms with van der Waals surface area (Å²) in [6.07, 6.45) is 2.28. The molecule has 1 saturated heterocycles. The van der Waals surface area contributed by atoms with E-state index in [1.165, 1.54) is 0 Å². The molecule has 3 rings (SSSR count). The zero-order valence-corrected chi connectivity index (χ0v) is 17.0. The van der Waals surface area contributed by atoms with Crippen LogP contribution in [0.4, 0.5) is 5.69 Å². The van der Waals surface area contributed by atoms with Crippen molar-refractivity contribution in [2.24, 2.45) is 0 Å². The average Bonchev–Trinajstić information content (AvgIpc) is 3.09. The molecule has 0 bridgehead atoms. The molecule has 1 aliphatic heterocycles. The lowest BCUT2D eigenvalue weighted by atomic mass is 10.2. The van der Waals surface area contributed by atoms with E-state index in [-0.39, 0.29) is 12.0 Å². The maximum atomic E-state index is 12.5. The Kier molecular flexibility index (Phi) is 6.15. The highest BCUT2D eigenvalue weighted by atomic mass is 79.9. The van der Waals surface area contributed by atoms with Crippen LogP contribution in [0.15, 0.2) is 45.3 Å². The number of hydrogen-bond donors (Lipinski definition) is 1. The van der Waals surface area contributed by atoms with Gasteiger partial charge in [-0.25, -0.2) is 0 Å². The number of carbonyl (C=O) groups excluding carboxylic acids is 1. The van der Waals surface area contributed by atoms with E-state index < -0.39 is 0 Å². The first kappa shape index (κ1) is 18.4. The van der Waals surface area contributed by atoms with Gasteiger partial charge in [-0.05, 0) is 87.5 Å². The van der Waals surface area contributed by atoms with Gasteiger partial charge in [0.05, 0.1) is 16.3 Å². The molecule has 0 saturated carbocycles. The number of benzene rings is 2. The van der Waals surface area contributed by atoms with Crippen molar-refractivity contribution in [3.63, 3.8) is 0 Å². The molecular formula is C19H19Br2NO3. The van der Waals surface area contributed by atoms with Crippen molar-refractivity contribution in [3.8, 4) is 5.75 Å². The molecule has 25 heavy (non-hydrogen) atoms. The lowest BCUT2D eigenvalue weighted by molar-refractivity contribution is 0.0677. The number of rotatable bonds is 5. The van der Waals surface area contributed by atoms with Crippen molar-refractivity contribution in [1.29, 1.82) is 0 Å². The van der Waals surface area contributed by atoms with Crippen molar-refractivity contribution in [1.82, 2.24) is 0 Å². The fraction of sp³-hybridized carbons (Fsp3) is 0.316. The molecule has 1 amide bonds. The molecule has 0 radical (unpaired) electrons. The van der Waals surface area contributed by atoms with E-state index in [2.05, 4.69) is 37.2 Å². The normalized spacial score (nSPS) is 16.7. The highest BCUT2D eigenvalue weighted by molar-refractivity contribution is 9.11. The summed E-state index contributed by atoms with van der Waals surface area (Å²) in [6, 6.07) is 11.1. The number of hydrogen-bond acceptors (Lipinski definition) is 3. The second kappa shape index (κ2) is 8.34. The van der Waals surface area contributed by atoms with E-state index in [4.69, 9.17) is 9.47 Å². The summed E-state index contributed by atoms with van der Waals surface area (Å²) in [5, 5.41) is 2.91. The zero-order valence-electron chi connectivity index (χ0n) is 13.9. The number of halogens is 2. The Morgan fingerprint density at radius 3 is 2.76 bits per heavy atom. The molecule has 6 heteroatoms. The maximum absolute atomic E-state index is 12.5. The van der Waals surface area contributed by atoms with Crippen LogP contribution in [-0.4, -0.2) is 25.2 Å². The highest BCUT2D eigenvalue weighted by Gasteiger charge is 2.17. The molecular weight excluding hydrogens is 450 g/mol. The second-order valence-electron chi connectivity index (χ2n) is 6.03. The number of ether oxygens (including phenoxy) is 2. The topological polar surface area (TPSA) is 47.6 Å². The van der Waals surface area contributed by atoms with E-state index in [1.807, 2.05) is 25.1 Å². The van der Waals surface area contributed by atoms with Gasteiger partial charge in [0.25, 0.3) is 5.91 Å². The summed E-state index contributed by atoms with van der Waals surface area (Å²) in [7, 11) is 0. The van der Waals surface area contributed by atoms with Gasteiger partial charge in [0, 0.05) is 16.6 Å². The number of amides is 1. The van der Waals surface area contributed by atoms with E-state index in [9.17, 15) is 4.79 Å². The first-order valence-electron chi connectivity index (χ1n) is 8.14. The minimum atomic E-state index is -0.170. The molecule has 1 heterocycles. The smallest absolute Gasteiger partial charge is 0.255 e. The first-order chi connectivity index (χ1) is 12.0. The first-order valence-corrected chi connectivity index (χ1v) is 9.73. The Morgan fingerprint density at radius 1 is 1.24 bits per heavy atom. The molecule has 1 unspecified atom stereocenters. The second-order valence-corrected chi connectivity index (χ2v) is 7.74. The van der Waals surface area contributed by atoms with E-state index >= 15 is 0 Å². The molecule has 1 N–H and O–H groups in total. The van der Waals surface area contributed by atoms with E-state index in [1.54, 1.807) is 18.2 Å². The van der Waals surface area contributed by atoms with E-state index in [0.717, 1.165) is 39.6 Å². The number of aryl methyl sites for hydroxylation is 1. The molecule has 1 fully saturated rings. The zero-order chi connectivity index (χ0) is 17.8. The highest BCUT2D eigenvalue weighted by Crippen LogP contribution is 2.28. The summed E-state index contributed by atoms with van der Waals surface area (Å²) in [6.45, 7) is 3.34. The van der Waals surface area contributed by atoms with Crippen molar-refractivity contribution in [2.75, 3.05) is 18.5 Å². The summed E-state index contributed by atoms with van der Waals surface area (Å²) < 4.78 is 13.0. The lowest BCUT2D eigenvalue weighted by Crippen LogP contribution is -2.16. The van der Waals surface area contributed by atoms with Gasteiger partial charge >= 0.3 is 0 Å². The van der Waals surface area contributed by atoms with Gasteiger partial charge in [0.15, 0.2) is 0 Å². The monoisotopic (exact) mass is 467 g/mol. The van der Waals surface area contributed by atoms with Gasteiger partial charge in [0.1, 0.15) is 12.4 Å². The molecule has 0 aliphatic carbocycles. The van der Waals surface area contributed by atoms with Crippen molar-refractivity contribution in [2.45, 2.75) is 25.9 Å². The predicted molar refractivity (Wildman–Crippen MR) is 105 cm³/mol. The summed E-state index contributed by atoms with van der Waals surface area (Å²) in [5.74, 6) is 0.541. The molecule has 4 nitrogen and oxygen atoms in total. The van der Waals surface area contributed by atoms with Gasteiger partial charge in [-0.15, -0.1) is 0 Å². The Balaban J connectivity index is 1.65. The van der Waals surface area contributed by atoms with Crippen LogP contribution in [-0.2, 0) is 4.74 Å². The summed E-state index contributed by atoms with van der Waals surface area (Å²) in [4.78, 5) is 12.5. The third-order valence-corrected chi connectivity index (χ3v) is 5.29. The van der Waals surface area contributed by atoms with Crippen molar-refractivity contribution >= 4 is 43.5 Å². The van der Waals surface area contributed by atoms with Crippen LogP contribution in [0.2, 0.25) is 0 Å². The third-order valence-electron chi connectivity index (χ3n) is 4.02. The standard InChI is InChI=1S/C19H19Br2NO3/c1-12-4-6-17(15(20)9-12)22-19(23)13-5-7-18(16(21)10-13)25-11-14-3-2-8-24-14/h4-7,9-10,14H,2-3,8,11H2,1H3,(H,22,23). The third kappa shape index (κ3) is 4.84. The summed E-state index contributed by atoms with van der Waals surface area (Å²) in [5.41, 5.74) is 2.43. The Bertz CT molecular complexity index is 773. The van der Waals surface area contributed by atoms with Crippen LogP contribution >= 0.6 is 31.9 Å². The largest absolute Gasteiger partial charge is 0.490 e. The van der Waals surface area contributed by atoms with Crippen LogP contribution in [0, 0.1) is 6.92 Å². The molecule has 0 spiro atoms. The molecule has 2 aromatic rings. The molecule has 2 aromatic carbocycles. The number of carbonyl (C=O) groups is 1. The van der Waals surface area contributed by atoms with Crippen molar-refractivity contribution < 1.29 is 14.3 Å². The Morgan fingerprint density at radius 2 is 2.08 bits per heavy atom. The van der Waals surface area contributed by atoms with Crippen LogP contribution in [0.5, 0.6) is 5.75 Å². The minimum absolute atomic E-state index is 0.161. The summed E-state index contributed by atoms with van der Waals surface area (Å²) >= 11 is 6.95. The lowest BCUT2D eigenvalue weighted by Gasteiger charge is -2.13. The van der Waals surface area contributed by atoms with Gasteiger partial charge in [0.2, 0.25) is 0 Å². The van der Waals surface area contributed by atoms with E-state index in [0.29, 0.717) is 17.9 Å². The van der Waals surface area contributed by atoms with Gasteiger partial charge in [-0.3, -0.25) is 4.79 Å². The predicted octanol–water partition coefficient (Wildman–Crippen LogP) is 5.33. The molecule has 132 valence electrons. The van der Waals surface area contributed by atoms with Crippen LogP contribution in [0.25, 0.3) is 0 Å². The molecule has 1 aliphatic rings. The Labute approximate surface area is 164 Å². The van der Waals surface area contributed by atoms with Crippen LogP contribution in [0.3, 0.4) is 0 Å². The number of anilines is 1. The minimum Gasteiger partial charge on any atom is -0.490 e. The average molecular weight is 469 g/mol. The van der Waals surface area contributed by atoms with Crippen molar-refractivity contribution in [3.05, 3.63) is 56.5 Å². The van der Waals surface area contributed by atoms with Gasteiger partial charge < -0.3 is 14.8 Å².